The second kappa shape index (κ2) is 6.93. The molecule has 20 heavy (non-hydrogen) atoms. The number of alkyl halides is 1. The number of nitrogens with one attached hydrogen (secondary N) is 1. The van der Waals surface area contributed by atoms with Gasteiger partial charge in [0, 0.05) is 17.1 Å². The van der Waals surface area contributed by atoms with E-state index in [0.717, 1.165) is 30.8 Å². The van der Waals surface area contributed by atoms with Gasteiger partial charge in [0.2, 0.25) is 0 Å². The van der Waals surface area contributed by atoms with Crippen molar-refractivity contribution in [2.45, 2.75) is 32.2 Å². The summed E-state index contributed by atoms with van der Waals surface area (Å²) in [7, 11) is 0. The predicted molar refractivity (Wildman–Crippen MR) is 89.7 cm³/mol. The number of thiophene rings is 1. The number of fused-ring (bicyclic) bond motifs is 1. The second-order valence-electron chi connectivity index (χ2n) is 5.85. The fourth-order valence-electron chi connectivity index (χ4n) is 3.32. The first-order valence-electron chi connectivity index (χ1n) is 7.60. The summed E-state index contributed by atoms with van der Waals surface area (Å²) in [5.41, 5.74) is 1.43. The Morgan fingerprint density at radius 1 is 1.15 bits per heavy atom. The Labute approximate surface area is 130 Å². The third kappa shape index (κ3) is 3.19. The zero-order valence-corrected chi connectivity index (χ0v) is 13.3. The molecule has 1 aromatic carbocycles. The molecule has 0 spiro atoms. The maximum absolute atomic E-state index is 6.11. The van der Waals surface area contributed by atoms with Gasteiger partial charge < -0.3 is 5.32 Å². The van der Waals surface area contributed by atoms with Crippen molar-refractivity contribution in [3.63, 3.8) is 0 Å². The summed E-state index contributed by atoms with van der Waals surface area (Å²) < 4.78 is 1.39. The van der Waals surface area contributed by atoms with Gasteiger partial charge in [0.25, 0.3) is 0 Å². The zero-order valence-electron chi connectivity index (χ0n) is 11.8. The first kappa shape index (κ1) is 14.4. The highest BCUT2D eigenvalue weighted by Crippen LogP contribution is 2.31. The fraction of sp³-hybridized carbons (Fsp3) is 0.529. The number of hydrogen-bond acceptors (Lipinski definition) is 2. The van der Waals surface area contributed by atoms with Crippen LogP contribution < -0.4 is 5.32 Å². The van der Waals surface area contributed by atoms with Gasteiger partial charge in [-0.3, -0.25) is 0 Å². The highest BCUT2D eigenvalue weighted by atomic mass is 35.5. The van der Waals surface area contributed by atoms with Crippen LogP contribution in [-0.4, -0.2) is 12.4 Å². The van der Waals surface area contributed by atoms with E-state index in [4.69, 9.17) is 11.6 Å². The van der Waals surface area contributed by atoms with E-state index in [2.05, 4.69) is 35.0 Å². The van der Waals surface area contributed by atoms with Crippen molar-refractivity contribution in [3.05, 3.63) is 35.2 Å². The molecule has 2 unspecified atom stereocenters. The molecule has 2 atom stereocenters. The van der Waals surface area contributed by atoms with E-state index in [1.54, 1.807) is 0 Å². The molecule has 1 fully saturated rings. The van der Waals surface area contributed by atoms with Gasteiger partial charge in [-0.05, 0) is 53.6 Å². The molecule has 3 heteroatoms. The Morgan fingerprint density at radius 2 is 1.95 bits per heavy atom. The number of halogens is 1. The monoisotopic (exact) mass is 307 g/mol. The van der Waals surface area contributed by atoms with Crippen molar-refractivity contribution in [2.24, 2.45) is 11.8 Å². The van der Waals surface area contributed by atoms with E-state index in [9.17, 15) is 0 Å². The summed E-state index contributed by atoms with van der Waals surface area (Å²) in [5, 5.41) is 7.36. The molecule has 1 aliphatic carbocycles. The minimum absolute atomic E-state index is 0.720. The average Bonchev–Trinajstić information content (AvgIpc) is 2.91. The minimum Gasteiger partial charge on any atom is -0.312 e. The first-order chi connectivity index (χ1) is 9.88. The second-order valence-corrected chi connectivity index (χ2v) is 7.07. The zero-order chi connectivity index (χ0) is 13.8. The normalized spacial score (nSPS) is 23.2. The molecule has 1 N–H and O–H groups in total. The smallest absolute Gasteiger partial charge is 0.0346 e. The van der Waals surface area contributed by atoms with E-state index < -0.39 is 0 Å². The van der Waals surface area contributed by atoms with E-state index in [0.29, 0.717) is 0 Å². The Bertz CT molecular complexity index is 551. The highest BCUT2D eigenvalue weighted by Gasteiger charge is 2.23. The molecular formula is C17H22ClNS. The Balaban J connectivity index is 1.57. The van der Waals surface area contributed by atoms with Gasteiger partial charge in [-0.1, -0.05) is 31.0 Å². The van der Waals surface area contributed by atoms with Crippen molar-refractivity contribution in [3.8, 4) is 0 Å². The van der Waals surface area contributed by atoms with Crippen LogP contribution in [-0.2, 0) is 6.54 Å². The minimum atomic E-state index is 0.720. The van der Waals surface area contributed by atoms with Gasteiger partial charge in [-0.2, -0.15) is 0 Å². The molecule has 0 bridgehead atoms. The summed E-state index contributed by atoms with van der Waals surface area (Å²) in [4.78, 5) is 0. The van der Waals surface area contributed by atoms with Crippen LogP contribution in [0, 0.1) is 11.8 Å². The maximum atomic E-state index is 6.11. The summed E-state index contributed by atoms with van der Waals surface area (Å²) in [6, 6.07) is 8.67. The lowest BCUT2D eigenvalue weighted by atomic mass is 9.80. The summed E-state index contributed by atoms with van der Waals surface area (Å²) in [5.74, 6) is 2.32. The van der Waals surface area contributed by atoms with Crippen molar-refractivity contribution in [1.29, 1.82) is 0 Å². The lowest BCUT2D eigenvalue weighted by Gasteiger charge is -2.30. The third-order valence-electron chi connectivity index (χ3n) is 4.55. The van der Waals surface area contributed by atoms with Crippen LogP contribution >= 0.6 is 22.9 Å². The summed E-state index contributed by atoms with van der Waals surface area (Å²) in [6.07, 6.45) is 5.40. The van der Waals surface area contributed by atoms with Crippen LogP contribution in [0.3, 0.4) is 0 Å². The molecule has 3 rings (SSSR count). The van der Waals surface area contributed by atoms with Crippen LogP contribution in [0.15, 0.2) is 29.6 Å². The van der Waals surface area contributed by atoms with E-state index in [-0.39, 0.29) is 0 Å². The largest absolute Gasteiger partial charge is 0.312 e. The molecule has 0 radical (unpaired) electrons. The lowest BCUT2D eigenvalue weighted by Crippen LogP contribution is -2.31. The number of benzene rings is 1. The topological polar surface area (TPSA) is 12.0 Å². The third-order valence-corrected chi connectivity index (χ3v) is 5.96. The van der Waals surface area contributed by atoms with Crippen LogP contribution in [0.5, 0.6) is 0 Å². The predicted octanol–water partition coefficient (Wildman–Crippen LogP) is 5.04. The quantitative estimate of drug-likeness (QED) is 0.763. The molecule has 108 valence electrons. The van der Waals surface area contributed by atoms with Gasteiger partial charge in [0.1, 0.15) is 0 Å². The van der Waals surface area contributed by atoms with Gasteiger partial charge in [-0.25, -0.2) is 0 Å². The van der Waals surface area contributed by atoms with Crippen LogP contribution in [0.25, 0.3) is 10.1 Å². The van der Waals surface area contributed by atoms with Crippen LogP contribution in [0.2, 0.25) is 0 Å². The molecule has 0 saturated heterocycles. The molecule has 1 nitrogen and oxygen atoms in total. The van der Waals surface area contributed by atoms with E-state index in [1.165, 1.54) is 41.3 Å². The summed E-state index contributed by atoms with van der Waals surface area (Å²) in [6.45, 7) is 2.09. The number of rotatable bonds is 5. The Kier molecular flexibility index (Phi) is 4.98. The Morgan fingerprint density at radius 3 is 2.80 bits per heavy atom. The molecular weight excluding hydrogens is 286 g/mol. The Hall–Kier alpha value is -0.570. The van der Waals surface area contributed by atoms with Gasteiger partial charge in [0.05, 0.1) is 0 Å². The first-order valence-corrected chi connectivity index (χ1v) is 9.01. The van der Waals surface area contributed by atoms with Gasteiger partial charge in [0.15, 0.2) is 0 Å². The van der Waals surface area contributed by atoms with Gasteiger partial charge in [-0.15, -0.1) is 22.9 Å². The molecule has 1 aliphatic rings. The molecule has 0 aliphatic heterocycles. The van der Waals surface area contributed by atoms with Gasteiger partial charge >= 0.3 is 0 Å². The molecule has 2 aromatic rings. The van der Waals surface area contributed by atoms with E-state index >= 15 is 0 Å². The summed E-state index contributed by atoms with van der Waals surface area (Å²) >= 11 is 7.95. The molecule has 1 heterocycles. The van der Waals surface area contributed by atoms with E-state index in [1.807, 2.05) is 11.3 Å². The standard InChI is InChI=1S/C17H22ClNS/c18-9-13-5-1-2-6-14(13)10-19-11-15-12-20-17-8-4-3-7-16(15)17/h3-4,7-8,12-14,19H,1-2,5-6,9-11H2. The molecule has 0 amide bonds. The van der Waals surface area contributed by atoms with Crippen molar-refractivity contribution >= 4 is 33.0 Å². The lowest BCUT2D eigenvalue weighted by molar-refractivity contribution is 0.251. The van der Waals surface area contributed by atoms with Crippen LogP contribution in [0.1, 0.15) is 31.2 Å². The molecule has 1 aromatic heterocycles. The SMILES string of the molecule is ClCC1CCCCC1CNCc1csc2ccccc12. The number of hydrogen-bond donors (Lipinski definition) is 1. The highest BCUT2D eigenvalue weighted by molar-refractivity contribution is 7.17. The molecule has 1 saturated carbocycles. The average molecular weight is 308 g/mol. The van der Waals surface area contributed by atoms with Crippen molar-refractivity contribution in [2.75, 3.05) is 12.4 Å². The van der Waals surface area contributed by atoms with Crippen LogP contribution in [0.4, 0.5) is 0 Å². The fourth-order valence-corrected chi connectivity index (χ4v) is 4.69. The van der Waals surface area contributed by atoms with Crippen molar-refractivity contribution < 1.29 is 0 Å². The maximum Gasteiger partial charge on any atom is 0.0346 e. The van der Waals surface area contributed by atoms with Crippen molar-refractivity contribution in [1.82, 2.24) is 5.32 Å².